The van der Waals surface area contributed by atoms with E-state index in [-0.39, 0.29) is 5.91 Å². The Morgan fingerprint density at radius 2 is 1.66 bits per heavy atom. The maximum atomic E-state index is 12.4. The minimum atomic E-state index is -0.311. The standard InChI is InChI=1S/C27H17Cl3N2O3/c1-15-2-3-16(12-21(15)29)24-10-6-19(34-24)7-11-26(33)31-18-5-9-25-23(14-18)32-27(35-25)17-4-8-20(28)22(30)13-17/h2-14H,1H3,(H,31,33)/b11-7+. The number of aryl methyl sites for hydroxylation is 1. The zero-order valence-electron chi connectivity index (χ0n) is 18.3. The van der Waals surface area contributed by atoms with E-state index >= 15 is 0 Å². The number of hydrogen-bond acceptors (Lipinski definition) is 4. The van der Waals surface area contributed by atoms with E-state index in [4.69, 9.17) is 43.6 Å². The number of amides is 1. The fourth-order valence-corrected chi connectivity index (χ4v) is 3.92. The van der Waals surface area contributed by atoms with Crippen LogP contribution in [0, 0.1) is 6.92 Å². The lowest BCUT2D eigenvalue weighted by molar-refractivity contribution is -0.111. The number of rotatable bonds is 5. The van der Waals surface area contributed by atoms with Crippen molar-refractivity contribution in [2.24, 2.45) is 0 Å². The van der Waals surface area contributed by atoms with Gasteiger partial charge in [-0.25, -0.2) is 4.98 Å². The summed E-state index contributed by atoms with van der Waals surface area (Å²) in [6.07, 6.45) is 3.00. The van der Waals surface area contributed by atoms with E-state index in [9.17, 15) is 4.79 Å². The minimum Gasteiger partial charge on any atom is -0.457 e. The molecule has 5 rings (SSSR count). The Bertz CT molecular complexity index is 1600. The average Bonchev–Trinajstić information content (AvgIpc) is 3.48. The van der Waals surface area contributed by atoms with Crippen LogP contribution in [-0.4, -0.2) is 10.9 Å². The van der Waals surface area contributed by atoms with Crippen LogP contribution in [0.3, 0.4) is 0 Å². The summed E-state index contributed by atoms with van der Waals surface area (Å²) in [7, 11) is 0. The van der Waals surface area contributed by atoms with Crippen LogP contribution in [0.1, 0.15) is 11.3 Å². The number of carbonyl (C=O) groups is 1. The number of carbonyl (C=O) groups excluding carboxylic acids is 1. The van der Waals surface area contributed by atoms with Crippen LogP contribution >= 0.6 is 34.8 Å². The molecule has 5 aromatic rings. The predicted molar refractivity (Wildman–Crippen MR) is 141 cm³/mol. The minimum absolute atomic E-state index is 0.311. The van der Waals surface area contributed by atoms with Gasteiger partial charge in [0.05, 0.1) is 10.0 Å². The first-order valence-electron chi connectivity index (χ1n) is 10.6. The largest absolute Gasteiger partial charge is 0.457 e. The lowest BCUT2D eigenvalue weighted by Gasteiger charge is -2.01. The van der Waals surface area contributed by atoms with E-state index in [2.05, 4.69) is 10.3 Å². The average molecular weight is 524 g/mol. The lowest BCUT2D eigenvalue weighted by Crippen LogP contribution is -2.07. The number of fused-ring (bicyclic) bond motifs is 1. The molecule has 0 bridgehead atoms. The number of halogens is 3. The Labute approximate surface area is 215 Å². The van der Waals surface area contributed by atoms with Crippen LogP contribution in [-0.2, 0) is 4.79 Å². The predicted octanol–water partition coefficient (Wildman–Crippen LogP) is 8.68. The van der Waals surface area contributed by atoms with Crippen LogP contribution in [0.4, 0.5) is 5.69 Å². The Morgan fingerprint density at radius 3 is 2.46 bits per heavy atom. The molecule has 0 radical (unpaired) electrons. The Kier molecular flexibility index (Phi) is 6.39. The van der Waals surface area contributed by atoms with Crippen molar-refractivity contribution in [1.29, 1.82) is 0 Å². The number of oxazole rings is 1. The third-order valence-corrected chi connectivity index (χ3v) is 6.45. The Balaban J connectivity index is 1.28. The van der Waals surface area contributed by atoms with E-state index < -0.39 is 0 Å². The molecule has 35 heavy (non-hydrogen) atoms. The third-order valence-electron chi connectivity index (χ3n) is 5.30. The van der Waals surface area contributed by atoms with Gasteiger partial charge in [-0.2, -0.15) is 0 Å². The van der Waals surface area contributed by atoms with Gasteiger partial charge in [0.15, 0.2) is 5.58 Å². The Morgan fingerprint density at radius 1 is 0.857 bits per heavy atom. The van der Waals surface area contributed by atoms with Crippen molar-refractivity contribution < 1.29 is 13.6 Å². The summed E-state index contributed by atoms with van der Waals surface area (Å²) < 4.78 is 11.6. The molecule has 0 aliphatic rings. The van der Waals surface area contributed by atoms with Gasteiger partial charge in [0.1, 0.15) is 17.0 Å². The fourth-order valence-electron chi connectivity index (χ4n) is 3.44. The molecule has 0 unspecified atom stereocenters. The summed E-state index contributed by atoms with van der Waals surface area (Å²) in [6, 6.07) is 19.7. The molecule has 5 nitrogen and oxygen atoms in total. The molecule has 0 fully saturated rings. The number of benzene rings is 3. The second-order valence-corrected chi connectivity index (χ2v) is 9.04. The highest BCUT2D eigenvalue weighted by molar-refractivity contribution is 6.42. The third kappa shape index (κ3) is 5.13. The van der Waals surface area contributed by atoms with Gasteiger partial charge in [0, 0.05) is 27.9 Å². The molecule has 0 saturated heterocycles. The molecule has 0 aliphatic heterocycles. The summed E-state index contributed by atoms with van der Waals surface area (Å²) in [6.45, 7) is 1.94. The SMILES string of the molecule is Cc1ccc(-c2ccc(/C=C/C(=O)Nc3ccc4oc(-c5ccc(Cl)c(Cl)c5)nc4c3)o2)cc1Cl. The Hall–Kier alpha value is -3.51. The van der Waals surface area contributed by atoms with Crippen LogP contribution in [0.15, 0.2) is 81.6 Å². The highest BCUT2D eigenvalue weighted by Gasteiger charge is 2.11. The van der Waals surface area contributed by atoms with Crippen molar-refractivity contribution in [3.63, 3.8) is 0 Å². The van der Waals surface area contributed by atoms with Crippen LogP contribution in [0.5, 0.6) is 0 Å². The maximum Gasteiger partial charge on any atom is 0.248 e. The van der Waals surface area contributed by atoms with Crippen molar-refractivity contribution in [3.05, 3.63) is 99.2 Å². The highest BCUT2D eigenvalue weighted by Crippen LogP contribution is 2.31. The first-order chi connectivity index (χ1) is 16.9. The number of hydrogen-bond donors (Lipinski definition) is 1. The van der Waals surface area contributed by atoms with Crippen molar-refractivity contribution in [2.45, 2.75) is 6.92 Å². The normalized spacial score (nSPS) is 11.4. The first kappa shape index (κ1) is 23.2. The summed E-state index contributed by atoms with van der Waals surface area (Å²) in [5.41, 5.74) is 4.32. The van der Waals surface area contributed by atoms with Gasteiger partial charge in [-0.15, -0.1) is 0 Å². The van der Waals surface area contributed by atoms with Crippen molar-refractivity contribution in [2.75, 3.05) is 5.32 Å². The zero-order valence-corrected chi connectivity index (χ0v) is 20.6. The zero-order chi connectivity index (χ0) is 24.5. The van der Waals surface area contributed by atoms with Crippen molar-refractivity contribution in [1.82, 2.24) is 4.98 Å². The highest BCUT2D eigenvalue weighted by atomic mass is 35.5. The van der Waals surface area contributed by atoms with Gasteiger partial charge >= 0.3 is 0 Å². The molecule has 8 heteroatoms. The molecule has 174 valence electrons. The second kappa shape index (κ2) is 9.62. The van der Waals surface area contributed by atoms with Gasteiger partial charge in [-0.3, -0.25) is 4.79 Å². The molecule has 0 atom stereocenters. The van der Waals surface area contributed by atoms with Crippen LogP contribution < -0.4 is 5.32 Å². The van der Waals surface area contributed by atoms with Gasteiger partial charge in [-0.1, -0.05) is 46.9 Å². The summed E-state index contributed by atoms with van der Waals surface area (Å²) in [5, 5.41) is 4.35. The van der Waals surface area contributed by atoms with Gasteiger partial charge < -0.3 is 14.2 Å². The van der Waals surface area contributed by atoms with Crippen molar-refractivity contribution in [3.8, 4) is 22.8 Å². The molecule has 2 aromatic heterocycles. The quantitative estimate of drug-likeness (QED) is 0.234. The molecule has 0 aliphatic carbocycles. The number of nitrogens with one attached hydrogen (secondary N) is 1. The summed E-state index contributed by atoms with van der Waals surface area (Å²) >= 11 is 18.3. The lowest BCUT2D eigenvalue weighted by atomic mass is 10.1. The van der Waals surface area contributed by atoms with Crippen LogP contribution in [0.25, 0.3) is 40.0 Å². The molecule has 1 N–H and O–H groups in total. The molecule has 2 heterocycles. The van der Waals surface area contributed by atoms with E-state index in [1.54, 1.807) is 48.5 Å². The number of aromatic nitrogens is 1. The van der Waals surface area contributed by atoms with Gasteiger partial charge in [-0.05, 0) is 73.2 Å². The maximum absolute atomic E-state index is 12.4. The fraction of sp³-hybridized carbons (Fsp3) is 0.0370. The number of furan rings is 1. The molecular weight excluding hydrogens is 507 g/mol. The molecular formula is C27H17Cl3N2O3. The second-order valence-electron chi connectivity index (χ2n) is 7.82. The monoisotopic (exact) mass is 522 g/mol. The summed E-state index contributed by atoms with van der Waals surface area (Å²) in [4.78, 5) is 16.9. The number of nitrogens with zero attached hydrogens (tertiary/aromatic N) is 1. The summed E-state index contributed by atoms with van der Waals surface area (Å²) in [5.74, 6) is 1.31. The van der Waals surface area contributed by atoms with Crippen LogP contribution in [0.2, 0.25) is 15.1 Å². The van der Waals surface area contributed by atoms with Crippen molar-refractivity contribution >= 4 is 63.6 Å². The topological polar surface area (TPSA) is 68.3 Å². The molecule has 0 spiro atoms. The molecule has 3 aromatic carbocycles. The first-order valence-corrected chi connectivity index (χ1v) is 11.7. The van der Waals surface area contributed by atoms with Gasteiger partial charge in [0.2, 0.25) is 11.8 Å². The van der Waals surface area contributed by atoms with E-state index in [1.807, 2.05) is 31.2 Å². The van der Waals surface area contributed by atoms with Gasteiger partial charge in [0.25, 0.3) is 0 Å². The molecule has 0 saturated carbocycles. The smallest absolute Gasteiger partial charge is 0.248 e. The van der Waals surface area contributed by atoms with E-state index in [0.717, 1.165) is 11.1 Å². The molecule has 1 amide bonds. The van der Waals surface area contributed by atoms with E-state index in [1.165, 1.54) is 6.08 Å². The van der Waals surface area contributed by atoms with E-state index in [0.29, 0.717) is 54.8 Å². The number of anilines is 1.